The fraction of sp³-hybridized carbons (Fsp3) is 0.500. The first-order valence-corrected chi connectivity index (χ1v) is 9.15. The highest BCUT2D eigenvalue weighted by molar-refractivity contribution is 6.06. The summed E-state index contributed by atoms with van der Waals surface area (Å²) in [4.78, 5) is 28.8. The fourth-order valence-electron chi connectivity index (χ4n) is 3.70. The van der Waals surface area contributed by atoms with Crippen LogP contribution in [0, 0.1) is 20.8 Å². The molecule has 0 unspecified atom stereocenters. The van der Waals surface area contributed by atoms with E-state index in [0.29, 0.717) is 34.3 Å². The standard InChI is InChI=1S/C20H25N3O3/c1-11-18(15-8-6-5-7-9-15)23-26-20(11)22-19(25)17-10-16(14(4)24)12(2)21-13(17)3/h10,15H,5-9H2,1-4H3,(H,22,25). The van der Waals surface area contributed by atoms with Gasteiger partial charge in [0.1, 0.15) is 0 Å². The number of carbonyl (C=O) groups is 2. The molecular weight excluding hydrogens is 330 g/mol. The number of anilines is 1. The minimum atomic E-state index is -0.341. The number of rotatable bonds is 4. The molecule has 1 amide bonds. The van der Waals surface area contributed by atoms with Crippen molar-refractivity contribution in [3.63, 3.8) is 0 Å². The average Bonchev–Trinajstić information content (AvgIpc) is 2.96. The summed E-state index contributed by atoms with van der Waals surface area (Å²) in [5, 5.41) is 7.00. The topological polar surface area (TPSA) is 85.1 Å². The highest BCUT2D eigenvalue weighted by atomic mass is 16.5. The maximum absolute atomic E-state index is 12.7. The first-order valence-electron chi connectivity index (χ1n) is 9.15. The maximum atomic E-state index is 12.7. The van der Waals surface area contributed by atoms with Gasteiger partial charge < -0.3 is 4.52 Å². The molecule has 0 saturated heterocycles. The third kappa shape index (κ3) is 3.54. The normalized spacial score (nSPS) is 15.1. The van der Waals surface area contributed by atoms with E-state index in [4.69, 9.17) is 4.52 Å². The number of hydrogen-bond acceptors (Lipinski definition) is 5. The molecule has 2 aromatic heterocycles. The van der Waals surface area contributed by atoms with Crippen molar-refractivity contribution in [2.24, 2.45) is 0 Å². The van der Waals surface area contributed by atoms with E-state index in [1.54, 1.807) is 19.9 Å². The van der Waals surface area contributed by atoms with Crippen LogP contribution in [-0.2, 0) is 0 Å². The van der Waals surface area contributed by atoms with Gasteiger partial charge in [0.05, 0.1) is 17.0 Å². The second kappa shape index (κ2) is 7.40. The van der Waals surface area contributed by atoms with Crippen molar-refractivity contribution in [1.29, 1.82) is 0 Å². The summed E-state index contributed by atoms with van der Waals surface area (Å²) in [6.45, 7) is 6.92. The molecule has 1 fully saturated rings. The van der Waals surface area contributed by atoms with Gasteiger partial charge in [-0.25, -0.2) is 0 Å². The molecular formula is C20H25N3O3. The summed E-state index contributed by atoms with van der Waals surface area (Å²) in [5.74, 6) is 0.330. The van der Waals surface area contributed by atoms with Crippen LogP contribution >= 0.6 is 0 Å². The Kier molecular flexibility index (Phi) is 5.20. The van der Waals surface area contributed by atoms with Gasteiger partial charge in [0.25, 0.3) is 5.91 Å². The lowest BCUT2D eigenvalue weighted by Crippen LogP contribution is -2.16. The van der Waals surface area contributed by atoms with Gasteiger partial charge in [-0.2, -0.15) is 0 Å². The van der Waals surface area contributed by atoms with Gasteiger partial charge in [0, 0.05) is 22.7 Å². The van der Waals surface area contributed by atoms with Gasteiger partial charge in [-0.05, 0) is 46.6 Å². The predicted molar refractivity (Wildman–Crippen MR) is 98.7 cm³/mol. The first-order chi connectivity index (χ1) is 12.4. The SMILES string of the molecule is CC(=O)c1cc(C(=O)Nc2onc(C3CCCCC3)c2C)c(C)nc1C. The number of aryl methyl sites for hydroxylation is 2. The van der Waals surface area contributed by atoms with Crippen molar-refractivity contribution < 1.29 is 14.1 Å². The molecule has 6 nitrogen and oxygen atoms in total. The van der Waals surface area contributed by atoms with Gasteiger partial charge in [-0.1, -0.05) is 24.4 Å². The number of amides is 1. The molecule has 26 heavy (non-hydrogen) atoms. The Bertz CT molecular complexity index is 848. The minimum Gasteiger partial charge on any atom is -0.338 e. The van der Waals surface area contributed by atoms with E-state index in [0.717, 1.165) is 24.1 Å². The van der Waals surface area contributed by atoms with Gasteiger partial charge >= 0.3 is 0 Å². The maximum Gasteiger partial charge on any atom is 0.259 e. The molecule has 1 aliphatic rings. The molecule has 3 rings (SSSR count). The lowest BCUT2D eigenvalue weighted by molar-refractivity contribution is 0.101. The number of hydrogen-bond donors (Lipinski definition) is 1. The lowest BCUT2D eigenvalue weighted by atomic mass is 9.86. The average molecular weight is 355 g/mol. The Morgan fingerprint density at radius 2 is 1.73 bits per heavy atom. The molecule has 2 aromatic rings. The predicted octanol–water partition coefficient (Wildman–Crippen LogP) is 4.50. The molecule has 6 heteroatoms. The van der Waals surface area contributed by atoms with Crippen molar-refractivity contribution in [2.45, 2.75) is 65.7 Å². The Morgan fingerprint density at radius 1 is 1.08 bits per heavy atom. The van der Waals surface area contributed by atoms with Crippen LogP contribution in [0.5, 0.6) is 0 Å². The Morgan fingerprint density at radius 3 is 2.38 bits per heavy atom. The molecule has 0 atom stereocenters. The van der Waals surface area contributed by atoms with Crippen LogP contribution in [0.25, 0.3) is 0 Å². The minimum absolute atomic E-state index is 0.112. The molecule has 0 radical (unpaired) electrons. The van der Waals surface area contributed by atoms with E-state index < -0.39 is 0 Å². The second-order valence-electron chi connectivity index (χ2n) is 7.12. The van der Waals surface area contributed by atoms with Gasteiger partial charge in [-0.3, -0.25) is 19.9 Å². The van der Waals surface area contributed by atoms with Gasteiger partial charge in [0.2, 0.25) is 5.88 Å². The van der Waals surface area contributed by atoms with Crippen LogP contribution in [0.2, 0.25) is 0 Å². The third-order valence-electron chi connectivity index (χ3n) is 5.21. The number of carbonyl (C=O) groups excluding carboxylic acids is 2. The van der Waals surface area contributed by atoms with Crippen molar-refractivity contribution in [3.8, 4) is 0 Å². The molecule has 0 aromatic carbocycles. The van der Waals surface area contributed by atoms with E-state index in [1.807, 2.05) is 6.92 Å². The van der Waals surface area contributed by atoms with Gasteiger partial charge in [-0.15, -0.1) is 0 Å². The summed E-state index contributed by atoms with van der Waals surface area (Å²) < 4.78 is 5.41. The molecule has 138 valence electrons. The van der Waals surface area contributed by atoms with Crippen LogP contribution in [0.15, 0.2) is 10.6 Å². The smallest absolute Gasteiger partial charge is 0.259 e. The second-order valence-corrected chi connectivity index (χ2v) is 7.12. The van der Waals surface area contributed by atoms with Crippen molar-refractivity contribution >= 4 is 17.6 Å². The zero-order chi connectivity index (χ0) is 18.8. The number of Topliss-reactive ketones (excluding diaryl/α,β-unsaturated/α-hetero) is 1. The van der Waals surface area contributed by atoms with Crippen LogP contribution in [0.3, 0.4) is 0 Å². The van der Waals surface area contributed by atoms with Crippen LogP contribution in [0.1, 0.15) is 88.3 Å². The lowest BCUT2D eigenvalue weighted by Gasteiger charge is -2.19. The molecule has 0 bridgehead atoms. The molecule has 2 heterocycles. The number of aromatic nitrogens is 2. The summed E-state index contributed by atoms with van der Waals surface area (Å²) >= 11 is 0. The first kappa shape index (κ1) is 18.3. The number of pyridine rings is 1. The summed E-state index contributed by atoms with van der Waals surface area (Å²) in [6.07, 6.45) is 5.92. The summed E-state index contributed by atoms with van der Waals surface area (Å²) in [5.41, 5.74) is 3.86. The quantitative estimate of drug-likeness (QED) is 0.816. The van der Waals surface area contributed by atoms with E-state index >= 15 is 0 Å². The van der Waals surface area contributed by atoms with E-state index in [9.17, 15) is 9.59 Å². The zero-order valence-electron chi connectivity index (χ0n) is 15.8. The monoisotopic (exact) mass is 355 g/mol. The van der Waals surface area contributed by atoms with Crippen LogP contribution in [0.4, 0.5) is 5.88 Å². The Hall–Kier alpha value is -2.50. The largest absolute Gasteiger partial charge is 0.338 e. The number of nitrogens with zero attached hydrogens (tertiary/aromatic N) is 2. The summed E-state index contributed by atoms with van der Waals surface area (Å²) in [7, 11) is 0. The molecule has 1 saturated carbocycles. The Balaban J connectivity index is 1.84. The Labute approximate surface area is 153 Å². The molecule has 1 aliphatic carbocycles. The molecule has 0 spiro atoms. The van der Waals surface area contributed by atoms with E-state index in [1.165, 1.54) is 26.2 Å². The van der Waals surface area contributed by atoms with Crippen molar-refractivity contribution in [2.75, 3.05) is 5.32 Å². The van der Waals surface area contributed by atoms with Crippen molar-refractivity contribution in [3.05, 3.63) is 39.8 Å². The number of ketones is 1. The fourth-order valence-corrected chi connectivity index (χ4v) is 3.70. The summed E-state index contributed by atoms with van der Waals surface area (Å²) in [6, 6.07) is 1.60. The van der Waals surface area contributed by atoms with Crippen LogP contribution < -0.4 is 5.32 Å². The third-order valence-corrected chi connectivity index (χ3v) is 5.21. The van der Waals surface area contributed by atoms with E-state index in [-0.39, 0.29) is 11.7 Å². The highest BCUT2D eigenvalue weighted by Gasteiger charge is 2.24. The molecule has 1 N–H and O–H groups in total. The molecule has 0 aliphatic heterocycles. The van der Waals surface area contributed by atoms with Crippen molar-refractivity contribution in [1.82, 2.24) is 10.1 Å². The number of nitrogens with one attached hydrogen (secondary N) is 1. The van der Waals surface area contributed by atoms with Crippen LogP contribution in [-0.4, -0.2) is 21.8 Å². The van der Waals surface area contributed by atoms with Gasteiger partial charge in [0.15, 0.2) is 5.78 Å². The highest BCUT2D eigenvalue weighted by Crippen LogP contribution is 2.35. The van der Waals surface area contributed by atoms with E-state index in [2.05, 4.69) is 15.5 Å². The zero-order valence-corrected chi connectivity index (χ0v) is 15.8.